The van der Waals surface area contributed by atoms with E-state index in [9.17, 15) is 18.3 Å². The molecule has 0 spiro atoms. The van der Waals surface area contributed by atoms with E-state index in [1.807, 2.05) is 18.9 Å². The first kappa shape index (κ1) is 21.6. The number of ether oxygens (including phenoxy) is 1. The van der Waals surface area contributed by atoms with E-state index in [1.54, 1.807) is 20.2 Å². The minimum absolute atomic E-state index is 0.0339. The number of halogens is 3. The highest BCUT2D eigenvalue weighted by atomic mass is 32.2. The van der Waals surface area contributed by atoms with E-state index in [0.717, 1.165) is 18.3 Å². The molecule has 1 atom stereocenters. The average Bonchev–Trinajstić information content (AvgIpc) is 2.56. The number of hydrogen-bond acceptors (Lipinski definition) is 4. The lowest BCUT2D eigenvalue weighted by Gasteiger charge is -2.32. The molecular weight excluding hydrogens is 353 g/mol. The van der Waals surface area contributed by atoms with E-state index in [0.29, 0.717) is 17.0 Å². The Morgan fingerprint density at radius 3 is 2.44 bits per heavy atom. The number of thioether (sulfide) groups is 1. The fourth-order valence-electron chi connectivity index (χ4n) is 2.11. The molecule has 0 fully saturated rings. The predicted octanol–water partition coefficient (Wildman–Crippen LogP) is 4.12. The molecule has 1 aromatic rings. The maximum atomic E-state index is 13.6. The van der Waals surface area contributed by atoms with E-state index in [-0.39, 0.29) is 11.3 Å². The molecule has 0 aliphatic heterocycles. The van der Waals surface area contributed by atoms with Gasteiger partial charge in [-0.1, -0.05) is 6.92 Å². The lowest BCUT2D eigenvalue weighted by atomic mass is 9.92. The van der Waals surface area contributed by atoms with Crippen LogP contribution in [0.5, 0.6) is 5.75 Å². The standard InChI is InChI=1S/C17H25F3N2O2S/c1-6-22(4)11-21-14-9-15(24-5)13(8-12(14)3)16(23,10-25-7-2)17(18,19)20/h8-9,11,23H,6-7,10H2,1-5H3. The normalized spacial score (nSPS) is 14.6. The Morgan fingerprint density at radius 1 is 1.32 bits per heavy atom. The molecule has 1 aromatic carbocycles. The molecule has 1 rings (SSSR count). The van der Waals surface area contributed by atoms with Crippen molar-refractivity contribution in [2.75, 3.05) is 32.2 Å². The van der Waals surface area contributed by atoms with Crippen molar-refractivity contribution in [3.63, 3.8) is 0 Å². The van der Waals surface area contributed by atoms with E-state index >= 15 is 0 Å². The van der Waals surface area contributed by atoms with Gasteiger partial charge in [-0.2, -0.15) is 24.9 Å². The maximum Gasteiger partial charge on any atom is 0.422 e. The third-order valence-corrected chi connectivity index (χ3v) is 4.87. The van der Waals surface area contributed by atoms with E-state index in [1.165, 1.54) is 19.2 Å². The maximum absolute atomic E-state index is 13.6. The van der Waals surface area contributed by atoms with E-state index < -0.39 is 17.5 Å². The smallest absolute Gasteiger partial charge is 0.422 e. The highest BCUT2D eigenvalue weighted by Gasteiger charge is 2.56. The molecule has 0 aliphatic rings. The third kappa shape index (κ3) is 5.04. The summed E-state index contributed by atoms with van der Waals surface area (Å²) in [6, 6.07) is 2.74. The molecule has 0 saturated carbocycles. The average molecular weight is 378 g/mol. The van der Waals surface area contributed by atoms with Crippen LogP contribution < -0.4 is 4.74 Å². The third-order valence-electron chi connectivity index (χ3n) is 3.84. The van der Waals surface area contributed by atoms with Crippen molar-refractivity contribution >= 4 is 23.8 Å². The van der Waals surface area contributed by atoms with Crippen LogP contribution in [-0.4, -0.2) is 54.7 Å². The quantitative estimate of drug-likeness (QED) is 0.546. The molecule has 4 nitrogen and oxygen atoms in total. The van der Waals surface area contributed by atoms with Crippen LogP contribution in [0.15, 0.2) is 17.1 Å². The Bertz CT molecular complexity index is 608. The molecule has 8 heteroatoms. The van der Waals surface area contributed by atoms with Crippen LogP contribution in [0.4, 0.5) is 18.9 Å². The number of alkyl halides is 3. The van der Waals surface area contributed by atoms with Crippen LogP contribution in [0.2, 0.25) is 0 Å². The molecule has 0 saturated heterocycles. The summed E-state index contributed by atoms with van der Waals surface area (Å²) in [5, 5.41) is 10.5. The fraction of sp³-hybridized carbons (Fsp3) is 0.588. The van der Waals surface area contributed by atoms with Crippen molar-refractivity contribution in [3.8, 4) is 5.75 Å². The largest absolute Gasteiger partial charge is 0.496 e. The zero-order valence-electron chi connectivity index (χ0n) is 15.1. The Kier molecular flexibility index (Phi) is 7.62. The van der Waals surface area contributed by atoms with E-state index in [2.05, 4.69) is 4.99 Å². The van der Waals surface area contributed by atoms with Crippen molar-refractivity contribution in [1.82, 2.24) is 4.90 Å². The summed E-state index contributed by atoms with van der Waals surface area (Å²) >= 11 is 1.02. The summed E-state index contributed by atoms with van der Waals surface area (Å²) in [7, 11) is 3.12. The topological polar surface area (TPSA) is 45.1 Å². The van der Waals surface area contributed by atoms with Gasteiger partial charge in [0.15, 0.2) is 5.60 Å². The van der Waals surface area contributed by atoms with Gasteiger partial charge in [0.05, 0.1) is 19.1 Å². The Hall–Kier alpha value is -1.41. The summed E-state index contributed by atoms with van der Waals surface area (Å²) in [4.78, 5) is 6.12. The number of methoxy groups -OCH3 is 1. The number of hydrogen-bond donors (Lipinski definition) is 1. The van der Waals surface area contributed by atoms with Gasteiger partial charge in [-0.25, -0.2) is 4.99 Å². The molecule has 0 heterocycles. The fourth-order valence-corrected chi connectivity index (χ4v) is 2.93. The summed E-state index contributed by atoms with van der Waals surface area (Å²) in [5.41, 5.74) is -2.25. The second-order valence-corrected chi connectivity index (χ2v) is 6.93. The van der Waals surface area contributed by atoms with E-state index in [4.69, 9.17) is 4.74 Å². The first-order valence-electron chi connectivity index (χ1n) is 7.91. The van der Waals surface area contributed by atoms with Crippen LogP contribution in [-0.2, 0) is 5.60 Å². The lowest BCUT2D eigenvalue weighted by molar-refractivity contribution is -0.256. The summed E-state index contributed by atoms with van der Waals surface area (Å²) in [6.45, 7) is 6.11. The SMILES string of the molecule is CCSCC(O)(c1cc(C)c(N=CN(C)CC)cc1OC)C(F)(F)F. The number of aliphatic imine (C=N–C) groups is 1. The van der Waals surface area contributed by atoms with Crippen molar-refractivity contribution in [2.45, 2.75) is 32.5 Å². The molecule has 0 aromatic heterocycles. The number of benzene rings is 1. The highest BCUT2D eigenvalue weighted by molar-refractivity contribution is 7.99. The molecule has 25 heavy (non-hydrogen) atoms. The Morgan fingerprint density at radius 2 is 1.96 bits per heavy atom. The number of nitrogens with zero attached hydrogens (tertiary/aromatic N) is 2. The predicted molar refractivity (Wildman–Crippen MR) is 97.1 cm³/mol. The van der Waals surface area contributed by atoms with Gasteiger partial charge in [-0.3, -0.25) is 0 Å². The number of aryl methyl sites for hydroxylation is 1. The van der Waals surface area contributed by atoms with Crippen molar-refractivity contribution in [3.05, 3.63) is 23.3 Å². The van der Waals surface area contributed by atoms with Gasteiger partial charge in [-0.05, 0) is 31.2 Å². The summed E-state index contributed by atoms with van der Waals surface area (Å²) in [6.07, 6.45) is -3.22. The van der Waals surface area contributed by atoms with Crippen molar-refractivity contribution in [1.29, 1.82) is 0 Å². The minimum Gasteiger partial charge on any atom is -0.496 e. The van der Waals surface area contributed by atoms with Crippen molar-refractivity contribution < 1.29 is 23.0 Å². The Balaban J connectivity index is 3.43. The van der Waals surface area contributed by atoms with Crippen LogP contribution in [0.1, 0.15) is 25.0 Å². The van der Waals surface area contributed by atoms with Gasteiger partial charge in [-0.15, -0.1) is 0 Å². The number of aliphatic hydroxyl groups is 1. The molecule has 0 radical (unpaired) electrons. The Labute approximate surface area is 151 Å². The van der Waals surface area contributed by atoms with Gasteiger partial charge in [0.25, 0.3) is 0 Å². The minimum atomic E-state index is -4.82. The van der Waals surface area contributed by atoms with Crippen molar-refractivity contribution in [2.24, 2.45) is 4.99 Å². The second kappa shape index (κ2) is 8.80. The molecule has 0 aliphatic carbocycles. The molecule has 1 unspecified atom stereocenters. The molecule has 0 amide bonds. The van der Waals surface area contributed by atoms with Gasteiger partial charge in [0, 0.05) is 31.0 Å². The van der Waals surface area contributed by atoms with Gasteiger partial charge in [0.1, 0.15) is 5.75 Å². The molecule has 0 bridgehead atoms. The molecular formula is C17H25F3N2O2S. The van der Waals surface area contributed by atoms with Gasteiger partial charge < -0.3 is 14.7 Å². The van der Waals surface area contributed by atoms with Crippen LogP contribution >= 0.6 is 11.8 Å². The molecule has 142 valence electrons. The van der Waals surface area contributed by atoms with Gasteiger partial charge >= 0.3 is 6.18 Å². The summed E-state index contributed by atoms with van der Waals surface area (Å²) < 4.78 is 46.0. The first-order chi connectivity index (χ1) is 11.6. The second-order valence-electron chi connectivity index (χ2n) is 5.65. The highest BCUT2D eigenvalue weighted by Crippen LogP contribution is 2.46. The monoisotopic (exact) mass is 378 g/mol. The van der Waals surface area contributed by atoms with Gasteiger partial charge in [0.2, 0.25) is 0 Å². The zero-order valence-corrected chi connectivity index (χ0v) is 16.0. The number of rotatable bonds is 8. The first-order valence-corrected chi connectivity index (χ1v) is 9.06. The van der Waals surface area contributed by atoms with Crippen LogP contribution in [0, 0.1) is 6.92 Å². The lowest BCUT2D eigenvalue weighted by Crippen LogP contribution is -2.45. The summed E-state index contributed by atoms with van der Waals surface area (Å²) in [5.74, 6) is -0.0662. The van der Waals surface area contributed by atoms with Crippen LogP contribution in [0.25, 0.3) is 0 Å². The van der Waals surface area contributed by atoms with Crippen LogP contribution in [0.3, 0.4) is 0 Å². The molecule has 1 N–H and O–H groups in total. The zero-order chi connectivity index (χ0) is 19.3.